The summed E-state index contributed by atoms with van der Waals surface area (Å²) in [6.07, 6.45) is 4.20. The lowest BCUT2D eigenvalue weighted by Crippen LogP contribution is -2.32. The topological polar surface area (TPSA) is 136 Å². The van der Waals surface area contributed by atoms with Gasteiger partial charge in [0, 0.05) is 36.0 Å². The maximum absolute atomic E-state index is 11.3. The van der Waals surface area contributed by atoms with Crippen molar-refractivity contribution >= 4 is 33.7 Å². The summed E-state index contributed by atoms with van der Waals surface area (Å²) >= 11 is 0. The minimum absolute atomic E-state index is 0.158. The van der Waals surface area contributed by atoms with Crippen LogP contribution < -0.4 is 11.5 Å². The molecule has 4 aromatic rings. The molecule has 0 amide bonds. The zero-order chi connectivity index (χ0) is 23.0. The van der Waals surface area contributed by atoms with E-state index >= 15 is 0 Å². The molecule has 0 aliphatic heterocycles. The number of nitrogens with zero attached hydrogens (tertiary/aromatic N) is 2. The van der Waals surface area contributed by atoms with Crippen molar-refractivity contribution in [2.24, 2.45) is 11.5 Å². The van der Waals surface area contributed by atoms with Gasteiger partial charge in [0.15, 0.2) is 0 Å². The molecule has 2 aromatic heterocycles. The molecule has 0 bridgehead atoms. The highest BCUT2D eigenvalue weighted by molar-refractivity contribution is 5.87. The second kappa shape index (κ2) is 8.49. The molecule has 2 aromatic carbocycles. The van der Waals surface area contributed by atoms with Gasteiger partial charge in [0.05, 0.1) is 11.0 Å². The fraction of sp³-hybridized carbons (Fsp3) is 0.250. The Kier molecular flexibility index (Phi) is 5.73. The van der Waals surface area contributed by atoms with Crippen molar-refractivity contribution in [1.82, 2.24) is 9.13 Å². The first kappa shape index (κ1) is 21.6. The Bertz CT molecular complexity index is 1210. The monoisotopic (exact) mass is 434 g/mol. The predicted molar refractivity (Wildman–Crippen MR) is 123 cm³/mol. The number of rotatable bonds is 8. The van der Waals surface area contributed by atoms with E-state index in [1.165, 1.54) is 0 Å². The van der Waals surface area contributed by atoms with E-state index in [4.69, 9.17) is 11.5 Å². The van der Waals surface area contributed by atoms with Gasteiger partial charge < -0.3 is 30.8 Å². The second-order valence-corrected chi connectivity index (χ2v) is 8.09. The molecule has 8 heteroatoms. The summed E-state index contributed by atoms with van der Waals surface area (Å²) in [5.74, 6) is -2.07. The maximum atomic E-state index is 11.3. The van der Waals surface area contributed by atoms with Crippen LogP contribution in [0, 0.1) is 0 Å². The SMILES string of the molecule is CC(n1cc(C[C@H](N)C(=O)O)c2ccccc21)n1cc(C[C@H](N)C(=O)O)c2ccccc21. The highest BCUT2D eigenvalue weighted by Crippen LogP contribution is 2.30. The summed E-state index contributed by atoms with van der Waals surface area (Å²) < 4.78 is 4.18. The van der Waals surface area contributed by atoms with E-state index in [1.54, 1.807) is 0 Å². The molecule has 0 saturated carbocycles. The Balaban J connectivity index is 1.81. The predicted octanol–water partition coefficient (Wildman–Crippen LogP) is 2.57. The van der Waals surface area contributed by atoms with Gasteiger partial charge in [0.1, 0.15) is 18.2 Å². The van der Waals surface area contributed by atoms with Crippen molar-refractivity contribution < 1.29 is 19.8 Å². The van der Waals surface area contributed by atoms with Crippen LogP contribution in [0.4, 0.5) is 0 Å². The van der Waals surface area contributed by atoms with Gasteiger partial charge in [0.2, 0.25) is 0 Å². The van der Waals surface area contributed by atoms with Gasteiger partial charge in [-0.15, -0.1) is 0 Å². The summed E-state index contributed by atoms with van der Waals surface area (Å²) in [5.41, 5.74) is 15.3. The van der Waals surface area contributed by atoms with Gasteiger partial charge in [-0.2, -0.15) is 0 Å². The molecule has 2 atom stereocenters. The molecule has 0 saturated heterocycles. The van der Waals surface area contributed by atoms with E-state index in [2.05, 4.69) is 9.13 Å². The highest BCUT2D eigenvalue weighted by atomic mass is 16.4. The second-order valence-electron chi connectivity index (χ2n) is 8.09. The zero-order valence-corrected chi connectivity index (χ0v) is 17.7. The number of carboxylic acid groups (broad SMARTS) is 2. The third-order valence-electron chi connectivity index (χ3n) is 5.97. The number of fused-ring (bicyclic) bond motifs is 2. The maximum Gasteiger partial charge on any atom is 0.320 e. The van der Waals surface area contributed by atoms with Crippen LogP contribution in [0.5, 0.6) is 0 Å². The zero-order valence-electron chi connectivity index (χ0n) is 17.7. The molecule has 0 unspecified atom stereocenters. The van der Waals surface area contributed by atoms with E-state index < -0.39 is 24.0 Å². The molecule has 0 fully saturated rings. The molecule has 0 aliphatic carbocycles. The van der Waals surface area contributed by atoms with Gasteiger partial charge >= 0.3 is 11.9 Å². The normalized spacial score (nSPS) is 13.6. The van der Waals surface area contributed by atoms with Gasteiger partial charge in [-0.25, -0.2) is 0 Å². The Labute approximate surface area is 184 Å². The minimum Gasteiger partial charge on any atom is -0.480 e. The Morgan fingerprint density at radius 2 is 1.16 bits per heavy atom. The number of aromatic nitrogens is 2. The fourth-order valence-corrected chi connectivity index (χ4v) is 4.28. The van der Waals surface area contributed by atoms with Crippen molar-refractivity contribution in [3.63, 3.8) is 0 Å². The summed E-state index contributed by atoms with van der Waals surface area (Å²) in [4.78, 5) is 22.6. The molecule has 0 radical (unpaired) electrons. The van der Waals surface area contributed by atoms with Crippen LogP contribution in [-0.2, 0) is 22.4 Å². The smallest absolute Gasteiger partial charge is 0.320 e. The van der Waals surface area contributed by atoms with E-state index in [9.17, 15) is 19.8 Å². The van der Waals surface area contributed by atoms with Crippen molar-refractivity contribution in [3.8, 4) is 0 Å². The van der Waals surface area contributed by atoms with Crippen LogP contribution in [-0.4, -0.2) is 43.4 Å². The lowest BCUT2D eigenvalue weighted by atomic mass is 10.1. The number of carbonyl (C=O) groups is 2. The van der Waals surface area contributed by atoms with Gasteiger partial charge in [-0.1, -0.05) is 36.4 Å². The molecular weight excluding hydrogens is 408 g/mol. The lowest BCUT2D eigenvalue weighted by molar-refractivity contribution is -0.139. The van der Waals surface area contributed by atoms with E-state index in [1.807, 2.05) is 67.8 Å². The molecule has 8 nitrogen and oxygen atoms in total. The van der Waals surface area contributed by atoms with Gasteiger partial charge in [-0.05, 0) is 30.2 Å². The van der Waals surface area contributed by atoms with Crippen LogP contribution >= 0.6 is 0 Å². The molecule has 2 heterocycles. The van der Waals surface area contributed by atoms with Gasteiger partial charge in [0.25, 0.3) is 0 Å². The summed E-state index contributed by atoms with van der Waals surface area (Å²) in [6, 6.07) is 13.7. The Morgan fingerprint density at radius 3 is 1.53 bits per heavy atom. The molecule has 166 valence electrons. The molecule has 0 aliphatic rings. The van der Waals surface area contributed by atoms with Crippen LogP contribution in [0.15, 0.2) is 60.9 Å². The van der Waals surface area contributed by atoms with Gasteiger partial charge in [-0.3, -0.25) is 9.59 Å². The van der Waals surface area contributed by atoms with Crippen LogP contribution in [0.25, 0.3) is 21.8 Å². The molecule has 32 heavy (non-hydrogen) atoms. The summed E-state index contributed by atoms with van der Waals surface area (Å²) in [7, 11) is 0. The number of para-hydroxylation sites is 2. The van der Waals surface area contributed by atoms with E-state index in [0.717, 1.165) is 32.9 Å². The van der Waals surface area contributed by atoms with Crippen LogP contribution in [0.1, 0.15) is 24.2 Å². The molecule has 0 spiro atoms. The van der Waals surface area contributed by atoms with Crippen molar-refractivity contribution in [1.29, 1.82) is 0 Å². The van der Waals surface area contributed by atoms with Crippen molar-refractivity contribution in [2.75, 3.05) is 0 Å². The van der Waals surface area contributed by atoms with Crippen molar-refractivity contribution in [3.05, 3.63) is 72.1 Å². The lowest BCUT2D eigenvalue weighted by Gasteiger charge is -2.19. The summed E-state index contributed by atoms with van der Waals surface area (Å²) in [5, 5.41) is 20.4. The number of hydrogen-bond donors (Lipinski definition) is 4. The Hall–Kier alpha value is -3.62. The average Bonchev–Trinajstić information content (AvgIpc) is 3.32. The first-order valence-electron chi connectivity index (χ1n) is 10.4. The molecule has 4 rings (SSSR count). The number of benzene rings is 2. The highest BCUT2D eigenvalue weighted by Gasteiger charge is 2.21. The standard InChI is InChI=1S/C24H26N4O4/c1-14(27-12-15(10-19(25)23(29)30)17-6-2-4-8-21(17)27)28-13-16(11-20(26)24(31)32)18-7-3-5-9-22(18)28/h2-9,12-14,19-20H,10-11,25-26H2,1H3,(H,29,30)(H,31,32)/t19-,20-/m0/s1. The number of carboxylic acids is 2. The third-order valence-corrected chi connectivity index (χ3v) is 5.97. The number of aliphatic carboxylic acids is 2. The molecular formula is C24H26N4O4. The molecule has 6 N–H and O–H groups in total. The third kappa shape index (κ3) is 3.86. The number of nitrogens with two attached hydrogens (primary N) is 2. The van der Waals surface area contributed by atoms with Crippen LogP contribution in [0.2, 0.25) is 0 Å². The van der Waals surface area contributed by atoms with Crippen molar-refractivity contribution in [2.45, 2.75) is 38.0 Å². The first-order valence-corrected chi connectivity index (χ1v) is 10.4. The van der Waals surface area contributed by atoms with E-state index in [0.29, 0.717) is 0 Å². The average molecular weight is 434 g/mol. The quantitative estimate of drug-likeness (QED) is 0.336. The van der Waals surface area contributed by atoms with Crippen LogP contribution in [0.3, 0.4) is 0 Å². The fourth-order valence-electron chi connectivity index (χ4n) is 4.28. The van der Waals surface area contributed by atoms with E-state index in [-0.39, 0.29) is 19.0 Å². The Morgan fingerprint density at radius 1 is 0.781 bits per heavy atom. The largest absolute Gasteiger partial charge is 0.480 e. The summed E-state index contributed by atoms with van der Waals surface area (Å²) in [6.45, 7) is 2.04. The minimum atomic E-state index is -1.04. The number of hydrogen-bond acceptors (Lipinski definition) is 4. The first-order chi connectivity index (χ1) is 15.3.